The molecule has 2 fully saturated rings. The van der Waals surface area contributed by atoms with Crippen LogP contribution in [0.1, 0.15) is 28.8 Å². The molecule has 0 aliphatic carbocycles. The zero-order valence-corrected chi connectivity index (χ0v) is 12.1. The molecule has 1 unspecified atom stereocenters. The fraction of sp³-hybridized carbons (Fsp3) is 0.471. The molecule has 1 N–H and O–H groups in total. The standard InChI is InChI=1S/C17H20N2O2/c20-11-3-5-14-4-1-6-15(12-14)17(21)19-10-9-18-8-2-7-16(18)13-19/h1,4,6,12,16,20H,2,7-11,13H2. The van der Waals surface area contributed by atoms with E-state index in [1.807, 2.05) is 29.2 Å². The number of rotatable bonds is 1. The largest absolute Gasteiger partial charge is 0.384 e. The Morgan fingerprint density at radius 2 is 2.24 bits per heavy atom. The number of piperazine rings is 1. The van der Waals surface area contributed by atoms with Crippen LogP contribution in [0, 0.1) is 11.8 Å². The van der Waals surface area contributed by atoms with E-state index in [1.54, 1.807) is 0 Å². The van der Waals surface area contributed by atoms with Crippen LogP contribution in [-0.4, -0.2) is 59.6 Å². The van der Waals surface area contributed by atoms with Crippen molar-refractivity contribution in [1.29, 1.82) is 0 Å². The molecule has 4 nitrogen and oxygen atoms in total. The Balaban J connectivity index is 1.73. The topological polar surface area (TPSA) is 43.8 Å². The van der Waals surface area contributed by atoms with E-state index < -0.39 is 0 Å². The van der Waals surface area contributed by atoms with E-state index in [4.69, 9.17) is 5.11 Å². The average Bonchev–Trinajstić information content (AvgIpc) is 3.00. The number of hydrogen-bond donors (Lipinski definition) is 1. The second kappa shape index (κ2) is 6.30. The molecule has 0 aromatic heterocycles. The fourth-order valence-electron chi connectivity index (χ4n) is 3.23. The number of carbonyl (C=O) groups is 1. The maximum atomic E-state index is 12.6. The zero-order valence-electron chi connectivity index (χ0n) is 12.1. The first-order valence-electron chi connectivity index (χ1n) is 7.51. The van der Waals surface area contributed by atoms with E-state index in [2.05, 4.69) is 16.7 Å². The highest BCUT2D eigenvalue weighted by molar-refractivity contribution is 5.94. The van der Waals surface area contributed by atoms with Crippen molar-refractivity contribution < 1.29 is 9.90 Å². The van der Waals surface area contributed by atoms with Crippen molar-refractivity contribution in [3.05, 3.63) is 35.4 Å². The molecule has 3 rings (SSSR count). The molecule has 2 aliphatic heterocycles. The Bertz CT molecular complexity index is 588. The maximum absolute atomic E-state index is 12.6. The van der Waals surface area contributed by atoms with Crippen LogP contribution in [0.4, 0.5) is 0 Å². The van der Waals surface area contributed by atoms with E-state index in [0.29, 0.717) is 11.6 Å². The van der Waals surface area contributed by atoms with Crippen LogP contribution in [0.5, 0.6) is 0 Å². The van der Waals surface area contributed by atoms with Gasteiger partial charge in [-0.05, 0) is 37.6 Å². The molecule has 1 aromatic carbocycles. The highest BCUT2D eigenvalue weighted by Gasteiger charge is 2.32. The predicted molar refractivity (Wildman–Crippen MR) is 80.9 cm³/mol. The van der Waals surface area contributed by atoms with Crippen LogP contribution in [0.25, 0.3) is 0 Å². The summed E-state index contributed by atoms with van der Waals surface area (Å²) < 4.78 is 0. The van der Waals surface area contributed by atoms with E-state index in [9.17, 15) is 4.79 Å². The van der Waals surface area contributed by atoms with Crippen LogP contribution >= 0.6 is 0 Å². The molecule has 0 spiro atoms. The second-order valence-corrected chi connectivity index (χ2v) is 5.62. The smallest absolute Gasteiger partial charge is 0.253 e. The fourth-order valence-corrected chi connectivity index (χ4v) is 3.23. The third-order valence-corrected chi connectivity index (χ3v) is 4.30. The van der Waals surface area contributed by atoms with Gasteiger partial charge in [0.25, 0.3) is 5.91 Å². The van der Waals surface area contributed by atoms with Crippen molar-refractivity contribution in [2.24, 2.45) is 0 Å². The lowest BCUT2D eigenvalue weighted by atomic mass is 10.1. The summed E-state index contributed by atoms with van der Waals surface area (Å²) in [5, 5.41) is 8.74. The number of aliphatic hydroxyl groups excluding tert-OH is 1. The number of carbonyl (C=O) groups excluding carboxylic acids is 1. The van der Waals surface area contributed by atoms with E-state index in [1.165, 1.54) is 19.4 Å². The lowest BCUT2D eigenvalue weighted by Gasteiger charge is -2.37. The summed E-state index contributed by atoms with van der Waals surface area (Å²) in [5.41, 5.74) is 1.46. The van der Waals surface area contributed by atoms with Gasteiger partial charge in [-0.1, -0.05) is 17.9 Å². The minimum atomic E-state index is -0.165. The maximum Gasteiger partial charge on any atom is 0.253 e. The third-order valence-electron chi connectivity index (χ3n) is 4.30. The highest BCUT2D eigenvalue weighted by atomic mass is 16.2. The molecule has 21 heavy (non-hydrogen) atoms. The minimum Gasteiger partial charge on any atom is -0.384 e. The van der Waals surface area contributed by atoms with Gasteiger partial charge in [0.2, 0.25) is 0 Å². The molecular weight excluding hydrogens is 264 g/mol. The first-order valence-corrected chi connectivity index (χ1v) is 7.51. The SMILES string of the molecule is O=C(c1cccc(C#CCO)c1)N1CCN2CCCC2C1. The van der Waals surface area contributed by atoms with Crippen LogP contribution in [0.2, 0.25) is 0 Å². The summed E-state index contributed by atoms with van der Waals surface area (Å²) >= 11 is 0. The van der Waals surface area contributed by atoms with Gasteiger partial charge in [-0.3, -0.25) is 9.69 Å². The van der Waals surface area contributed by atoms with Gasteiger partial charge in [-0.15, -0.1) is 0 Å². The number of fused-ring (bicyclic) bond motifs is 1. The lowest BCUT2D eigenvalue weighted by Crippen LogP contribution is -2.52. The summed E-state index contributed by atoms with van der Waals surface area (Å²) in [6, 6.07) is 7.90. The Labute approximate surface area is 125 Å². The molecule has 0 saturated carbocycles. The Morgan fingerprint density at radius 1 is 1.33 bits per heavy atom. The van der Waals surface area contributed by atoms with E-state index >= 15 is 0 Å². The van der Waals surface area contributed by atoms with Crippen LogP contribution in [-0.2, 0) is 0 Å². The summed E-state index contributed by atoms with van der Waals surface area (Å²) in [4.78, 5) is 17.1. The van der Waals surface area contributed by atoms with Gasteiger partial charge >= 0.3 is 0 Å². The number of aliphatic hydroxyl groups is 1. The molecule has 0 bridgehead atoms. The van der Waals surface area contributed by atoms with Gasteiger partial charge in [0.05, 0.1) is 0 Å². The molecule has 1 aromatic rings. The summed E-state index contributed by atoms with van der Waals surface area (Å²) in [6.07, 6.45) is 2.45. The predicted octanol–water partition coefficient (Wildman–Crippen LogP) is 0.951. The second-order valence-electron chi connectivity index (χ2n) is 5.62. The molecule has 0 radical (unpaired) electrons. The lowest BCUT2D eigenvalue weighted by molar-refractivity contribution is 0.0571. The van der Waals surface area contributed by atoms with Gasteiger partial charge in [0.1, 0.15) is 6.61 Å². The average molecular weight is 284 g/mol. The molecule has 2 heterocycles. The molecule has 2 saturated heterocycles. The van der Waals surface area contributed by atoms with Crippen molar-refractivity contribution >= 4 is 5.91 Å². The summed E-state index contributed by atoms with van der Waals surface area (Å²) in [6.45, 7) is 3.65. The molecular formula is C17H20N2O2. The molecule has 1 atom stereocenters. The quantitative estimate of drug-likeness (QED) is 0.781. The highest BCUT2D eigenvalue weighted by Crippen LogP contribution is 2.22. The van der Waals surface area contributed by atoms with Gasteiger partial charge in [-0.2, -0.15) is 0 Å². The van der Waals surface area contributed by atoms with Gasteiger partial charge in [0, 0.05) is 36.8 Å². The zero-order chi connectivity index (χ0) is 14.7. The van der Waals surface area contributed by atoms with Crippen molar-refractivity contribution in [1.82, 2.24) is 9.80 Å². The van der Waals surface area contributed by atoms with Crippen molar-refractivity contribution in [2.75, 3.05) is 32.8 Å². The Morgan fingerprint density at radius 3 is 3.10 bits per heavy atom. The van der Waals surface area contributed by atoms with Crippen molar-refractivity contribution in [3.63, 3.8) is 0 Å². The summed E-state index contributed by atoms with van der Waals surface area (Å²) in [7, 11) is 0. The number of amides is 1. The first-order chi connectivity index (χ1) is 10.3. The minimum absolute atomic E-state index is 0.0919. The Kier molecular flexibility index (Phi) is 4.23. The monoisotopic (exact) mass is 284 g/mol. The normalized spacial score (nSPS) is 21.6. The molecule has 110 valence electrons. The number of hydrogen-bond acceptors (Lipinski definition) is 3. The van der Waals surface area contributed by atoms with Gasteiger partial charge in [-0.25, -0.2) is 0 Å². The van der Waals surface area contributed by atoms with Gasteiger partial charge in [0.15, 0.2) is 0 Å². The first kappa shape index (κ1) is 14.1. The third kappa shape index (κ3) is 3.10. The van der Waals surface area contributed by atoms with Crippen LogP contribution in [0.3, 0.4) is 0 Å². The summed E-state index contributed by atoms with van der Waals surface area (Å²) in [5.74, 6) is 5.56. The number of nitrogens with zero attached hydrogens (tertiary/aromatic N) is 2. The van der Waals surface area contributed by atoms with Crippen molar-refractivity contribution in [3.8, 4) is 11.8 Å². The number of benzene rings is 1. The molecule has 4 heteroatoms. The van der Waals surface area contributed by atoms with Crippen molar-refractivity contribution in [2.45, 2.75) is 18.9 Å². The Hall–Kier alpha value is -1.83. The van der Waals surface area contributed by atoms with E-state index in [-0.39, 0.29) is 12.5 Å². The van der Waals surface area contributed by atoms with Gasteiger partial charge < -0.3 is 10.0 Å². The van der Waals surface area contributed by atoms with Crippen LogP contribution in [0.15, 0.2) is 24.3 Å². The van der Waals surface area contributed by atoms with E-state index in [0.717, 1.165) is 25.2 Å². The van der Waals surface area contributed by atoms with Crippen LogP contribution < -0.4 is 0 Å². The molecule has 1 amide bonds. The molecule has 2 aliphatic rings.